The van der Waals surface area contributed by atoms with Gasteiger partial charge in [-0.3, -0.25) is 9.80 Å². The Balaban J connectivity index is 0.00000259. The summed E-state index contributed by atoms with van der Waals surface area (Å²) in [6.45, 7) is 3.19. The smallest absolute Gasteiger partial charge is 0.410 e. The highest BCUT2D eigenvalue weighted by Gasteiger charge is 2.39. The molecular formula is C23H27ClN2O2. The number of ether oxygens (including phenoxy) is 1. The molecule has 4 nitrogen and oxygen atoms in total. The van der Waals surface area contributed by atoms with Crippen LogP contribution in [0.4, 0.5) is 4.79 Å². The number of rotatable bonds is 2. The lowest BCUT2D eigenvalue weighted by Crippen LogP contribution is -2.53. The van der Waals surface area contributed by atoms with Gasteiger partial charge in [0.15, 0.2) is 0 Å². The highest BCUT2D eigenvalue weighted by atomic mass is 35.5. The monoisotopic (exact) mass is 403 g/mol. The van der Waals surface area contributed by atoms with Crippen molar-refractivity contribution in [2.45, 2.75) is 31.4 Å². The number of halogens is 1. The van der Waals surface area contributed by atoms with E-state index in [0.717, 1.165) is 43.6 Å². The molecule has 2 bridgehead atoms. The van der Waals surface area contributed by atoms with Gasteiger partial charge in [0.2, 0.25) is 0 Å². The van der Waals surface area contributed by atoms with Gasteiger partial charge in [-0.2, -0.15) is 0 Å². The van der Waals surface area contributed by atoms with Crippen molar-refractivity contribution in [3.8, 4) is 0 Å². The molecule has 5 heteroatoms. The Morgan fingerprint density at radius 1 is 1.07 bits per heavy atom. The molecule has 2 atom stereocenters. The van der Waals surface area contributed by atoms with Crippen LogP contribution in [-0.2, 0) is 11.2 Å². The number of amides is 1. The summed E-state index contributed by atoms with van der Waals surface area (Å²) in [5.74, 6) is 0.361. The van der Waals surface area contributed by atoms with Gasteiger partial charge in [-0.1, -0.05) is 54.5 Å². The lowest BCUT2D eigenvalue weighted by molar-refractivity contribution is -0.0462. The first-order valence-electron chi connectivity index (χ1n) is 12.2. The average molecular weight is 404 g/mol. The maximum atomic E-state index is 13.4. The summed E-state index contributed by atoms with van der Waals surface area (Å²) >= 11 is 0. The Labute approximate surface area is 179 Å². The predicted octanol–water partition coefficient (Wildman–Crippen LogP) is 4.29. The Morgan fingerprint density at radius 2 is 1.82 bits per heavy atom. The summed E-state index contributed by atoms with van der Waals surface area (Å²) in [6, 6.07) is 5.03. The van der Waals surface area contributed by atoms with Crippen LogP contribution in [0.5, 0.6) is 0 Å². The van der Waals surface area contributed by atoms with Crippen LogP contribution in [0.25, 0.3) is 0 Å². The standard InChI is InChI=1S/C23H26N2O2.ClH/c26-23(27-21-16-24-13-10-18(21)11-14-24)25-15-12-17-6-4-5-9-20(17)22(25)19-7-2-1-3-8-19;/h1-9,18,21-22H,10-16H2;1H/t21-,22+;/m1./s1/i1D,2D,3D,7D,8D;. The van der Waals surface area contributed by atoms with Crippen molar-refractivity contribution >= 4 is 18.5 Å². The van der Waals surface area contributed by atoms with E-state index in [2.05, 4.69) is 4.90 Å². The van der Waals surface area contributed by atoms with Crippen molar-refractivity contribution in [1.82, 2.24) is 9.80 Å². The van der Waals surface area contributed by atoms with E-state index in [1.165, 1.54) is 0 Å². The summed E-state index contributed by atoms with van der Waals surface area (Å²) < 4.78 is 47.2. The first kappa shape index (κ1) is 14.0. The fourth-order valence-electron chi connectivity index (χ4n) is 4.71. The second kappa shape index (κ2) is 8.14. The SMILES string of the molecule is Cl.[2H]c1c([2H])c([2H])c([C@H]2c3ccccc3CCN2C(=O)O[C@@H]2CN3CCC2CC3)c([2H])c1[2H]. The molecule has 0 radical (unpaired) electrons. The van der Waals surface area contributed by atoms with Crippen molar-refractivity contribution in [3.63, 3.8) is 0 Å². The van der Waals surface area contributed by atoms with E-state index in [4.69, 9.17) is 11.6 Å². The zero-order chi connectivity index (χ0) is 22.6. The number of carbonyl (C=O) groups excluding carboxylic acids is 1. The molecule has 2 aromatic carbocycles. The zero-order valence-electron chi connectivity index (χ0n) is 20.6. The largest absolute Gasteiger partial charge is 0.444 e. The second-order valence-corrected chi connectivity index (χ2v) is 7.64. The molecule has 0 spiro atoms. The molecule has 0 aromatic heterocycles. The number of piperidine rings is 3. The van der Waals surface area contributed by atoms with Crippen molar-refractivity contribution < 1.29 is 16.4 Å². The fourth-order valence-corrected chi connectivity index (χ4v) is 4.71. The highest BCUT2D eigenvalue weighted by Crippen LogP contribution is 2.36. The van der Waals surface area contributed by atoms with Gasteiger partial charge >= 0.3 is 6.09 Å². The number of fused-ring (bicyclic) bond motifs is 4. The molecular weight excluding hydrogens is 372 g/mol. The van der Waals surface area contributed by atoms with Crippen molar-refractivity contribution in [2.75, 3.05) is 26.2 Å². The molecule has 3 saturated heterocycles. The number of nitrogens with zero attached hydrogens (tertiary/aromatic N) is 2. The molecule has 6 rings (SSSR count). The third-order valence-electron chi connectivity index (χ3n) is 6.16. The molecule has 4 aliphatic heterocycles. The molecule has 4 heterocycles. The Hall–Kier alpha value is -2.04. The molecule has 0 unspecified atom stereocenters. The molecule has 4 aliphatic rings. The first-order chi connectivity index (χ1) is 15.4. The minimum atomic E-state index is -0.790. The van der Waals surface area contributed by atoms with Crippen LogP contribution in [-0.4, -0.2) is 48.2 Å². The van der Waals surface area contributed by atoms with Crippen LogP contribution in [0.3, 0.4) is 0 Å². The Morgan fingerprint density at radius 3 is 2.54 bits per heavy atom. The maximum absolute atomic E-state index is 13.4. The van der Waals surface area contributed by atoms with Gasteiger partial charge < -0.3 is 4.74 Å². The first-order valence-corrected chi connectivity index (χ1v) is 9.71. The van der Waals surface area contributed by atoms with Crippen molar-refractivity contribution in [2.24, 2.45) is 5.92 Å². The van der Waals surface area contributed by atoms with E-state index in [9.17, 15) is 4.79 Å². The molecule has 3 fully saturated rings. The van der Waals surface area contributed by atoms with Crippen LogP contribution in [0, 0.1) is 5.92 Å². The second-order valence-electron chi connectivity index (χ2n) is 7.64. The molecule has 1 amide bonds. The summed E-state index contributed by atoms with van der Waals surface area (Å²) in [5.41, 5.74) is 1.91. The normalized spacial score (nSPS) is 30.7. The van der Waals surface area contributed by atoms with Crippen LogP contribution < -0.4 is 0 Å². The van der Waals surface area contributed by atoms with E-state index < -0.39 is 30.3 Å². The third kappa shape index (κ3) is 3.51. The summed E-state index contributed by atoms with van der Waals surface area (Å²) in [7, 11) is 0. The zero-order valence-corrected chi connectivity index (χ0v) is 16.4. The number of hydrogen-bond donors (Lipinski definition) is 0. The van der Waals surface area contributed by atoms with E-state index in [1.54, 1.807) is 4.90 Å². The van der Waals surface area contributed by atoms with Gasteiger partial charge in [-0.05, 0) is 55.0 Å². The van der Waals surface area contributed by atoms with E-state index >= 15 is 0 Å². The number of hydrogen-bond acceptors (Lipinski definition) is 3. The quantitative estimate of drug-likeness (QED) is 0.750. The molecule has 0 saturated carbocycles. The summed E-state index contributed by atoms with van der Waals surface area (Å²) in [6.07, 6.45) is 2.03. The van der Waals surface area contributed by atoms with E-state index in [1.807, 2.05) is 24.3 Å². The third-order valence-corrected chi connectivity index (χ3v) is 6.16. The van der Waals surface area contributed by atoms with Gasteiger partial charge in [0, 0.05) is 13.1 Å². The minimum absolute atomic E-state index is 0. The molecule has 148 valence electrons. The van der Waals surface area contributed by atoms with Crippen molar-refractivity contribution in [3.05, 3.63) is 71.2 Å². The molecule has 0 N–H and O–H groups in total. The van der Waals surface area contributed by atoms with Gasteiger partial charge in [-0.15, -0.1) is 12.4 Å². The van der Waals surface area contributed by atoms with Crippen LogP contribution in [0.2, 0.25) is 0 Å². The lowest BCUT2D eigenvalue weighted by atomic mass is 9.86. The van der Waals surface area contributed by atoms with E-state index in [-0.39, 0.29) is 36.2 Å². The minimum Gasteiger partial charge on any atom is -0.444 e. The van der Waals surface area contributed by atoms with Crippen LogP contribution in [0.1, 0.15) is 42.4 Å². The Bertz CT molecular complexity index is 1050. The van der Waals surface area contributed by atoms with Gasteiger partial charge in [0.1, 0.15) is 6.10 Å². The van der Waals surface area contributed by atoms with Crippen LogP contribution in [0.15, 0.2) is 54.5 Å². The van der Waals surface area contributed by atoms with Crippen molar-refractivity contribution in [1.29, 1.82) is 0 Å². The van der Waals surface area contributed by atoms with Crippen LogP contribution >= 0.6 is 12.4 Å². The van der Waals surface area contributed by atoms with Gasteiger partial charge in [0.25, 0.3) is 0 Å². The number of carbonyl (C=O) groups is 1. The molecule has 0 aliphatic carbocycles. The molecule has 2 aromatic rings. The van der Waals surface area contributed by atoms with Gasteiger partial charge in [-0.25, -0.2) is 4.79 Å². The average Bonchev–Trinajstić information content (AvgIpc) is 2.82. The highest BCUT2D eigenvalue weighted by molar-refractivity contribution is 5.85. The molecule has 28 heavy (non-hydrogen) atoms. The summed E-state index contributed by atoms with van der Waals surface area (Å²) in [4.78, 5) is 17.3. The summed E-state index contributed by atoms with van der Waals surface area (Å²) in [5, 5.41) is 0. The van der Waals surface area contributed by atoms with E-state index in [0.29, 0.717) is 18.9 Å². The van der Waals surface area contributed by atoms with Gasteiger partial charge in [0.05, 0.1) is 12.9 Å². The maximum Gasteiger partial charge on any atom is 0.410 e. The Kier molecular flexibility index (Phi) is 4.08. The lowest BCUT2D eigenvalue weighted by Gasteiger charge is -2.45. The number of benzene rings is 2. The fraction of sp³-hybridized carbons (Fsp3) is 0.435. The topological polar surface area (TPSA) is 32.8 Å². The predicted molar refractivity (Wildman–Crippen MR) is 112 cm³/mol.